The van der Waals surface area contributed by atoms with Gasteiger partial charge in [0.15, 0.2) is 0 Å². The molecule has 2 heterocycles. The number of carbonyl (C=O) groups is 12. The molecule has 20 N–H and O–H groups in total. The summed E-state index contributed by atoms with van der Waals surface area (Å²) in [5.74, 6) is -11.9. The van der Waals surface area contributed by atoms with Crippen molar-refractivity contribution in [1.82, 2.24) is 72.4 Å². The summed E-state index contributed by atoms with van der Waals surface area (Å²) >= 11 is 8.55. The maximum Gasteiger partial charge on any atom is 0.317 e. The van der Waals surface area contributed by atoms with Crippen LogP contribution >= 0.6 is 25.3 Å². The minimum Gasteiger partial charge on any atom is -0.508 e. The molecule has 1 saturated heterocycles. The van der Waals surface area contributed by atoms with E-state index in [9.17, 15) is 88.2 Å². The molecule has 5 rings (SSSR count). The maximum atomic E-state index is 14.9. The molecule has 0 unspecified atom stereocenters. The molecule has 0 aliphatic carbocycles. The zero-order chi connectivity index (χ0) is 75.7. The number of para-hydroxylation sites is 1. The van der Waals surface area contributed by atoms with E-state index >= 15 is 0 Å². The van der Waals surface area contributed by atoms with Crippen LogP contribution in [0.3, 0.4) is 0 Å². The molecule has 4 aromatic rings. The van der Waals surface area contributed by atoms with Crippen molar-refractivity contribution < 1.29 is 88.2 Å². The number of aliphatic carboxylic acids is 3. The maximum absolute atomic E-state index is 14.9. The molecule has 566 valence electrons. The monoisotopic (exact) mass is 1480 g/mol. The highest BCUT2D eigenvalue weighted by Gasteiger charge is 2.37. The minimum absolute atomic E-state index is 0.0845. The van der Waals surface area contributed by atoms with Crippen molar-refractivity contribution in [2.75, 3.05) is 110 Å². The smallest absolute Gasteiger partial charge is 0.317 e. The fourth-order valence-corrected chi connectivity index (χ4v) is 11.6. The molecule has 9 amide bonds. The lowest BCUT2D eigenvalue weighted by Gasteiger charge is -2.32. The molecular formula is C67H98N16O18S2. The van der Waals surface area contributed by atoms with Crippen molar-refractivity contribution in [3.63, 3.8) is 0 Å². The first-order valence-electron chi connectivity index (χ1n) is 33.7. The lowest BCUT2D eigenvalue weighted by molar-refractivity contribution is -0.140. The number of phenols is 1. The summed E-state index contributed by atoms with van der Waals surface area (Å²) in [6.45, 7) is 2.23. The second-order valence-electron chi connectivity index (χ2n) is 25.1. The number of unbranched alkanes of at least 4 members (excludes halogenated alkanes) is 1. The van der Waals surface area contributed by atoms with Gasteiger partial charge in [0, 0.05) is 107 Å². The number of H-pyrrole nitrogens is 1. The van der Waals surface area contributed by atoms with Crippen molar-refractivity contribution >= 4 is 107 Å². The molecule has 1 aromatic heterocycles. The Labute approximate surface area is 606 Å². The third kappa shape index (κ3) is 29.7. The van der Waals surface area contributed by atoms with Gasteiger partial charge in [-0.25, -0.2) is 0 Å². The van der Waals surface area contributed by atoms with Crippen LogP contribution in [-0.2, 0) is 76.8 Å². The van der Waals surface area contributed by atoms with Crippen LogP contribution in [0.4, 0.5) is 0 Å². The molecule has 36 heteroatoms. The summed E-state index contributed by atoms with van der Waals surface area (Å²) in [7, 11) is 0. The number of nitrogens with two attached hydrogens (primary N) is 2. The predicted octanol–water partition coefficient (Wildman–Crippen LogP) is -4.92. The van der Waals surface area contributed by atoms with Crippen LogP contribution in [0.2, 0.25) is 0 Å². The molecule has 0 radical (unpaired) electrons. The number of thiol groups is 2. The Bertz CT molecular complexity index is 3430. The summed E-state index contributed by atoms with van der Waals surface area (Å²) in [4.78, 5) is 171. The number of hydrogen-bond acceptors (Lipinski definition) is 23. The van der Waals surface area contributed by atoms with E-state index in [1.807, 2.05) is 0 Å². The molecule has 1 aliphatic rings. The number of benzene rings is 3. The van der Waals surface area contributed by atoms with Crippen LogP contribution in [0.25, 0.3) is 10.9 Å². The molecule has 1 aliphatic heterocycles. The largest absolute Gasteiger partial charge is 0.508 e. The number of aromatic amines is 1. The standard InChI is InChI=1S/C67H98N16O18S2/c1-40(84)58(66(100)71-21-20-70-54(87)34-80-22-24-81(35-55(88)89)26-28-83(37-57(92)93)29-27-82(25-23-80)36-56(90)91)78-65(99)53(39-103)77-67(101)59(41(2)85)79-61(95)49(14-8-9-19-68)73-63(97)51(32-44-33-72-48-13-7-6-12-46(44)48)75-62(96)50(31-43-15-17-45(86)18-16-43)74-64(98)52(38-102)76-60(94)47(69)30-42-10-4-3-5-11-42/h3-7,10-13,15-18,33,40-41,47,49-53,58-59,72,84-86,102-103H,8-9,14,19-32,34-39,68-69H2,1-2H3,(H,70,87)(H,71,100)(H,73,97)(H,74,98)(H,75,96)(H,76,94)(H,77,101)(H,78,99)(H,79,95)(H,88,89)(H,90,91)(H,92,93)/t40-,41-,47-,49+,50+,51-,52+,53+,58+,59+/m1/s1. The molecule has 0 saturated carbocycles. The van der Waals surface area contributed by atoms with Gasteiger partial charge >= 0.3 is 17.9 Å². The Morgan fingerprint density at radius 1 is 0.476 bits per heavy atom. The third-order valence-electron chi connectivity index (χ3n) is 16.8. The number of aliphatic hydroxyl groups is 2. The number of carboxylic acids is 3. The van der Waals surface area contributed by atoms with Crippen molar-refractivity contribution in [1.29, 1.82) is 0 Å². The summed E-state index contributed by atoms with van der Waals surface area (Å²) in [5.41, 5.74) is 14.6. The first-order valence-corrected chi connectivity index (χ1v) is 35.0. The van der Waals surface area contributed by atoms with Crippen molar-refractivity contribution in [2.45, 2.75) is 113 Å². The van der Waals surface area contributed by atoms with Crippen LogP contribution in [0, 0.1) is 0 Å². The molecule has 1 fully saturated rings. The van der Waals surface area contributed by atoms with Gasteiger partial charge in [-0.2, -0.15) is 25.3 Å². The molecule has 34 nitrogen and oxygen atoms in total. The van der Waals surface area contributed by atoms with Crippen molar-refractivity contribution in [3.8, 4) is 5.75 Å². The number of fused-ring (bicyclic) bond motifs is 1. The number of amides is 9. The fourth-order valence-electron chi connectivity index (χ4n) is 11.1. The average molecular weight is 1480 g/mol. The number of rotatable bonds is 40. The zero-order valence-electron chi connectivity index (χ0n) is 57.5. The number of nitrogens with zero attached hydrogens (tertiary/aromatic N) is 4. The van der Waals surface area contributed by atoms with Gasteiger partial charge in [0.05, 0.1) is 44.4 Å². The van der Waals surface area contributed by atoms with Crippen molar-refractivity contribution in [3.05, 3.63) is 102 Å². The second kappa shape index (κ2) is 43.9. The van der Waals surface area contributed by atoms with Gasteiger partial charge in [-0.1, -0.05) is 60.7 Å². The molecule has 0 bridgehead atoms. The van der Waals surface area contributed by atoms with Gasteiger partial charge < -0.3 is 94.9 Å². The average Bonchev–Trinajstić information content (AvgIpc) is 1.77. The number of nitrogens with one attached hydrogen (secondary N) is 10. The minimum atomic E-state index is -1.82. The summed E-state index contributed by atoms with van der Waals surface area (Å²) in [5, 5.41) is 84.2. The lowest BCUT2D eigenvalue weighted by atomic mass is 10.0. The Balaban J connectivity index is 1.26. The van der Waals surface area contributed by atoms with Gasteiger partial charge in [-0.05, 0) is 81.0 Å². The van der Waals surface area contributed by atoms with Crippen molar-refractivity contribution in [2.24, 2.45) is 11.5 Å². The normalized spacial score (nSPS) is 16.5. The van der Waals surface area contributed by atoms with E-state index in [-0.39, 0.29) is 142 Å². The quantitative estimate of drug-likeness (QED) is 0.0147. The number of phenolic OH excluding ortho intramolecular Hbond substituents is 1. The van der Waals surface area contributed by atoms with E-state index in [0.717, 1.165) is 5.56 Å². The molecule has 103 heavy (non-hydrogen) atoms. The lowest BCUT2D eigenvalue weighted by Crippen LogP contribution is -2.62. The number of hydrogen-bond donors (Lipinski definition) is 20. The van der Waals surface area contributed by atoms with E-state index in [1.165, 1.54) is 38.1 Å². The van der Waals surface area contributed by atoms with Crippen LogP contribution in [0.1, 0.15) is 49.8 Å². The van der Waals surface area contributed by atoms with Gasteiger partial charge in [-0.15, -0.1) is 0 Å². The van der Waals surface area contributed by atoms with E-state index < -0.39 is 137 Å². The third-order valence-corrected chi connectivity index (χ3v) is 17.6. The van der Waals surface area contributed by atoms with Gasteiger partial charge in [0.2, 0.25) is 53.2 Å². The summed E-state index contributed by atoms with van der Waals surface area (Å²) < 4.78 is 0. The Morgan fingerprint density at radius 3 is 1.40 bits per heavy atom. The van der Waals surface area contributed by atoms with Gasteiger partial charge in [0.25, 0.3) is 0 Å². The second-order valence-corrected chi connectivity index (χ2v) is 25.8. The predicted molar refractivity (Wildman–Crippen MR) is 384 cm³/mol. The van der Waals surface area contributed by atoms with Gasteiger partial charge in [0.1, 0.15) is 48.0 Å². The summed E-state index contributed by atoms with van der Waals surface area (Å²) in [6.07, 6.45) is -1.31. The van der Waals surface area contributed by atoms with E-state index in [2.05, 4.69) is 78.1 Å². The highest BCUT2D eigenvalue weighted by Crippen LogP contribution is 2.21. The number of carboxylic acid groups (broad SMARTS) is 3. The van der Waals surface area contributed by atoms with Crippen LogP contribution in [0.5, 0.6) is 5.75 Å². The van der Waals surface area contributed by atoms with Crippen LogP contribution < -0.4 is 59.3 Å². The molecule has 3 aromatic carbocycles. The number of aromatic hydroxyl groups is 1. The van der Waals surface area contributed by atoms with E-state index in [1.54, 1.807) is 80.4 Å². The first kappa shape index (κ1) is 84.7. The number of aromatic nitrogens is 1. The topological polar surface area (TPSA) is 515 Å². The fraction of sp³-hybridized carbons (Fsp3) is 0.522. The molecule has 10 atom stereocenters. The first-order chi connectivity index (χ1) is 49.1. The van der Waals surface area contributed by atoms with E-state index in [0.29, 0.717) is 28.5 Å². The number of carbonyl (C=O) groups excluding carboxylic acids is 9. The summed E-state index contributed by atoms with van der Waals surface area (Å²) in [6, 6.07) is 10.0. The molecule has 0 spiro atoms. The zero-order valence-corrected chi connectivity index (χ0v) is 59.3. The highest BCUT2D eigenvalue weighted by molar-refractivity contribution is 7.80. The Kier molecular flexibility index (Phi) is 36.1. The van der Waals surface area contributed by atoms with Gasteiger partial charge in [-0.3, -0.25) is 77.1 Å². The Hall–Kier alpha value is -8.98. The van der Waals surface area contributed by atoms with E-state index in [4.69, 9.17) is 11.5 Å². The highest BCUT2D eigenvalue weighted by atomic mass is 32.1. The van der Waals surface area contributed by atoms with Crippen LogP contribution in [0.15, 0.2) is 85.1 Å². The molecular weight excluding hydrogens is 1380 g/mol. The number of aliphatic hydroxyl groups excluding tert-OH is 2. The van der Waals surface area contributed by atoms with Crippen LogP contribution in [-0.4, -0.2) is 297 Å². The SMILES string of the molecule is C[C@@H](O)[C@H](NC(=O)[C@H](CS)NC(=O)[C@@H](NC(=O)[C@H](CCCCN)NC(=O)[C@@H](Cc1c[nH]c2ccccc12)NC(=O)[C@H](Cc1ccc(O)cc1)NC(=O)[C@H](CS)NC(=O)[C@H](N)Cc1ccccc1)[C@@H](C)O)C(=O)NCCNC(=O)CN1CCN(CC(=O)O)CCN(CC(=O)O)CCN(CC(=O)O)CC1. The Morgan fingerprint density at radius 2 is 0.893 bits per heavy atom.